The van der Waals surface area contributed by atoms with Crippen LogP contribution < -0.4 is 5.32 Å². The van der Waals surface area contributed by atoms with Gasteiger partial charge in [0.15, 0.2) is 11.0 Å². The predicted octanol–water partition coefficient (Wildman–Crippen LogP) is 5.35. The molecule has 1 aliphatic heterocycles. The molecule has 0 radical (unpaired) electrons. The number of nitrogens with one attached hydrogen (secondary N) is 1. The van der Waals surface area contributed by atoms with E-state index in [9.17, 15) is 9.59 Å². The molecule has 2 aromatic heterocycles. The molecule has 5 rings (SSSR count). The molecule has 0 saturated carbocycles. The number of aryl methyl sites for hydroxylation is 1. The average molecular weight is 610 g/mol. The maximum atomic E-state index is 13.4. The van der Waals surface area contributed by atoms with E-state index in [0.717, 1.165) is 21.3 Å². The molecule has 1 N–H and O–H groups in total. The van der Waals surface area contributed by atoms with Gasteiger partial charge in [-0.3, -0.25) is 9.59 Å². The van der Waals surface area contributed by atoms with Crippen LogP contribution in [0, 0.1) is 6.92 Å². The summed E-state index contributed by atoms with van der Waals surface area (Å²) in [5.74, 6) is 0.512. The number of hydrazone groups is 1. The van der Waals surface area contributed by atoms with Gasteiger partial charge < -0.3 is 9.88 Å². The molecular weight excluding hydrogens is 584 g/mol. The molecule has 1 aliphatic rings. The minimum absolute atomic E-state index is 0.108. The maximum absolute atomic E-state index is 13.4. The lowest BCUT2D eigenvalue weighted by atomic mass is 9.98. The lowest BCUT2D eigenvalue weighted by Crippen LogP contribution is -2.28. The third kappa shape index (κ3) is 5.90. The number of benzene rings is 2. The van der Waals surface area contributed by atoms with Crippen LogP contribution in [0.15, 0.2) is 80.8 Å². The molecule has 2 aromatic carbocycles. The Morgan fingerprint density at radius 2 is 1.87 bits per heavy atom. The van der Waals surface area contributed by atoms with E-state index in [1.807, 2.05) is 49.7 Å². The summed E-state index contributed by atoms with van der Waals surface area (Å²) in [4.78, 5) is 26.3. The van der Waals surface area contributed by atoms with E-state index in [4.69, 9.17) is 5.10 Å². The minimum atomic E-state index is -0.176. The number of carbonyl (C=O) groups is 2. The van der Waals surface area contributed by atoms with Gasteiger partial charge in [-0.05, 0) is 41.6 Å². The van der Waals surface area contributed by atoms with Gasteiger partial charge in [0, 0.05) is 17.9 Å². The highest BCUT2D eigenvalue weighted by molar-refractivity contribution is 9.10. The monoisotopic (exact) mass is 608 g/mol. The molecule has 0 aliphatic carbocycles. The molecule has 0 fully saturated rings. The van der Waals surface area contributed by atoms with Gasteiger partial charge in [-0.1, -0.05) is 75.7 Å². The van der Waals surface area contributed by atoms with Crippen molar-refractivity contribution in [1.29, 1.82) is 0 Å². The van der Waals surface area contributed by atoms with Crippen LogP contribution >= 0.6 is 39.0 Å². The highest BCUT2D eigenvalue weighted by Gasteiger charge is 2.33. The zero-order valence-corrected chi connectivity index (χ0v) is 24.0. The van der Waals surface area contributed by atoms with Crippen LogP contribution in [-0.4, -0.2) is 43.1 Å². The molecule has 0 unspecified atom stereocenters. The Kier molecular flexibility index (Phi) is 8.06. The molecule has 0 saturated heterocycles. The fourth-order valence-corrected chi connectivity index (χ4v) is 5.76. The Hall–Kier alpha value is -3.28. The second-order valence-corrected chi connectivity index (χ2v) is 11.6. The topological polar surface area (TPSA) is 92.5 Å². The van der Waals surface area contributed by atoms with Crippen LogP contribution in [0.25, 0.3) is 0 Å². The number of halogens is 1. The van der Waals surface area contributed by atoms with E-state index in [1.54, 1.807) is 15.6 Å². The summed E-state index contributed by atoms with van der Waals surface area (Å²) in [7, 11) is 1.83. The number of thiophene rings is 1. The van der Waals surface area contributed by atoms with Gasteiger partial charge in [0.1, 0.15) is 0 Å². The molecule has 0 bridgehead atoms. The number of hydrogen-bond donors (Lipinski definition) is 1. The number of carbonyl (C=O) groups excluding carboxylic acids is 2. The second-order valence-electron chi connectivity index (χ2n) is 8.83. The van der Waals surface area contributed by atoms with Crippen molar-refractivity contribution in [2.75, 3.05) is 5.75 Å². The number of rotatable bonds is 8. The van der Waals surface area contributed by atoms with Crippen molar-refractivity contribution in [3.63, 3.8) is 0 Å². The van der Waals surface area contributed by atoms with Crippen molar-refractivity contribution >= 4 is 56.6 Å². The number of nitrogens with zero attached hydrogens (tertiary/aromatic N) is 5. The molecule has 11 heteroatoms. The largest absolute Gasteiger partial charge is 0.344 e. The van der Waals surface area contributed by atoms with Crippen molar-refractivity contribution in [2.24, 2.45) is 12.1 Å². The summed E-state index contributed by atoms with van der Waals surface area (Å²) in [5, 5.41) is 20.1. The second kappa shape index (κ2) is 11.6. The SMILES string of the molecule is Cc1ccc([C@H]2CC(c3ccc(Br)cc3)=NN2C(=O)CSc2nnc(CNC(=O)c3cccs3)n2C)cc1. The molecule has 194 valence electrons. The van der Waals surface area contributed by atoms with Crippen LogP contribution in [0.2, 0.25) is 0 Å². The van der Waals surface area contributed by atoms with Gasteiger partial charge in [-0.2, -0.15) is 5.10 Å². The normalized spacial score (nSPS) is 15.0. The van der Waals surface area contributed by atoms with Crippen molar-refractivity contribution < 1.29 is 9.59 Å². The fourth-order valence-electron chi connectivity index (χ4n) is 4.08. The quantitative estimate of drug-likeness (QED) is 0.272. The summed E-state index contributed by atoms with van der Waals surface area (Å²) in [5.41, 5.74) is 4.09. The third-order valence-electron chi connectivity index (χ3n) is 6.21. The van der Waals surface area contributed by atoms with Crippen LogP contribution in [0.1, 0.15) is 44.6 Å². The Labute approximate surface area is 237 Å². The van der Waals surface area contributed by atoms with Crippen molar-refractivity contribution in [2.45, 2.75) is 31.1 Å². The Balaban J connectivity index is 1.28. The number of aromatic nitrogens is 3. The van der Waals surface area contributed by atoms with Gasteiger partial charge in [-0.15, -0.1) is 21.5 Å². The highest BCUT2D eigenvalue weighted by atomic mass is 79.9. The first kappa shape index (κ1) is 26.3. The first-order valence-electron chi connectivity index (χ1n) is 11.9. The summed E-state index contributed by atoms with van der Waals surface area (Å²) < 4.78 is 2.79. The standard InChI is InChI=1S/C27H25BrN6O2S2/c1-17-5-7-19(8-6-17)22-14-21(18-9-11-20(28)12-10-18)32-34(22)25(35)16-38-27-31-30-24(33(27)2)15-29-26(36)23-4-3-13-37-23/h3-13,22H,14-16H2,1-2H3,(H,29,36)/t22-/m1/s1. The maximum Gasteiger partial charge on any atom is 0.261 e. The van der Waals surface area contributed by atoms with E-state index < -0.39 is 0 Å². The summed E-state index contributed by atoms with van der Waals surface area (Å²) in [6.07, 6.45) is 0.638. The first-order chi connectivity index (χ1) is 18.4. The van der Waals surface area contributed by atoms with E-state index in [-0.39, 0.29) is 30.2 Å². The smallest absolute Gasteiger partial charge is 0.261 e. The zero-order chi connectivity index (χ0) is 26.6. The van der Waals surface area contributed by atoms with E-state index >= 15 is 0 Å². The lowest BCUT2D eigenvalue weighted by Gasteiger charge is -2.22. The fraction of sp³-hybridized carbons (Fsp3) is 0.222. The van der Waals surface area contributed by atoms with Gasteiger partial charge in [0.2, 0.25) is 0 Å². The van der Waals surface area contributed by atoms with E-state index in [2.05, 4.69) is 55.7 Å². The molecule has 8 nitrogen and oxygen atoms in total. The molecule has 38 heavy (non-hydrogen) atoms. The van der Waals surface area contributed by atoms with Crippen molar-refractivity contribution in [1.82, 2.24) is 25.1 Å². The molecule has 0 spiro atoms. The van der Waals surface area contributed by atoms with E-state index in [0.29, 0.717) is 22.3 Å². The third-order valence-corrected chi connectivity index (χ3v) is 8.61. The van der Waals surface area contributed by atoms with Crippen LogP contribution in [0.5, 0.6) is 0 Å². The van der Waals surface area contributed by atoms with Gasteiger partial charge in [-0.25, -0.2) is 5.01 Å². The minimum Gasteiger partial charge on any atom is -0.344 e. The Bertz CT molecular complexity index is 1470. The molecule has 4 aromatic rings. The van der Waals surface area contributed by atoms with Gasteiger partial charge in [0.25, 0.3) is 11.8 Å². The Morgan fingerprint density at radius 3 is 2.58 bits per heavy atom. The number of thioether (sulfide) groups is 1. The van der Waals surface area contributed by atoms with Crippen LogP contribution in [0.3, 0.4) is 0 Å². The first-order valence-corrected chi connectivity index (χ1v) is 14.6. The highest BCUT2D eigenvalue weighted by Crippen LogP contribution is 2.34. The summed E-state index contributed by atoms with van der Waals surface area (Å²) in [6, 6.07) is 19.7. The zero-order valence-electron chi connectivity index (χ0n) is 20.8. The number of amides is 2. The van der Waals surface area contributed by atoms with E-state index in [1.165, 1.54) is 28.7 Å². The predicted molar refractivity (Wildman–Crippen MR) is 153 cm³/mol. The summed E-state index contributed by atoms with van der Waals surface area (Å²) in [6.45, 7) is 2.29. The number of hydrogen-bond acceptors (Lipinski definition) is 7. The van der Waals surface area contributed by atoms with Crippen LogP contribution in [-0.2, 0) is 18.4 Å². The Morgan fingerprint density at radius 1 is 1.11 bits per heavy atom. The molecular formula is C27H25BrN6O2S2. The summed E-state index contributed by atoms with van der Waals surface area (Å²) >= 11 is 6.17. The molecule has 2 amide bonds. The lowest BCUT2D eigenvalue weighted by molar-refractivity contribution is -0.130. The van der Waals surface area contributed by atoms with Crippen molar-refractivity contribution in [3.8, 4) is 0 Å². The average Bonchev–Trinajstić information content (AvgIpc) is 3.68. The molecule has 1 atom stereocenters. The van der Waals surface area contributed by atoms with Crippen LogP contribution in [0.4, 0.5) is 0 Å². The van der Waals surface area contributed by atoms with Gasteiger partial charge >= 0.3 is 0 Å². The van der Waals surface area contributed by atoms with Gasteiger partial charge in [0.05, 0.1) is 28.9 Å². The van der Waals surface area contributed by atoms with Crippen molar-refractivity contribution in [3.05, 3.63) is 97.9 Å². The molecule has 3 heterocycles.